The molecule has 0 aromatic rings. The zero-order valence-corrected chi connectivity index (χ0v) is 11.1. The van der Waals surface area contributed by atoms with E-state index in [1.54, 1.807) is 0 Å². The molecular weight excluding hydrogens is 248 g/mol. The van der Waals surface area contributed by atoms with Crippen LogP contribution in [-0.4, -0.2) is 62.3 Å². The molecule has 2 unspecified atom stereocenters. The first kappa shape index (κ1) is 12.9. The Morgan fingerprint density at radius 1 is 1.16 bits per heavy atom. The summed E-state index contributed by atoms with van der Waals surface area (Å²) in [6.07, 6.45) is 1.50. The first-order chi connectivity index (χ1) is 9.22. The lowest BCUT2D eigenvalue weighted by Gasteiger charge is -2.33. The Kier molecular flexibility index (Phi) is 3.45. The normalized spacial score (nSPS) is 37.4. The molecule has 1 amide bonds. The van der Waals surface area contributed by atoms with E-state index in [2.05, 4.69) is 5.32 Å². The van der Waals surface area contributed by atoms with Crippen LogP contribution in [0.2, 0.25) is 0 Å². The number of piperazine rings is 1. The number of amides is 1. The smallest absolute Gasteiger partial charge is 0.312 e. The van der Waals surface area contributed by atoms with Crippen molar-refractivity contribution in [3.8, 4) is 0 Å². The molecule has 3 heterocycles. The molecule has 106 valence electrons. The summed E-state index contributed by atoms with van der Waals surface area (Å²) in [4.78, 5) is 26.4. The molecule has 19 heavy (non-hydrogen) atoms. The monoisotopic (exact) mass is 268 g/mol. The summed E-state index contributed by atoms with van der Waals surface area (Å²) in [5.41, 5.74) is 0. The third-order valence-electron chi connectivity index (χ3n) is 4.46. The van der Waals surface area contributed by atoms with E-state index in [9.17, 15) is 9.59 Å². The van der Waals surface area contributed by atoms with E-state index in [0.29, 0.717) is 13.1 Å². The van der Waals surface area contributed by atoms with Crippen molar-refractivity contribution in [1.29, 1.82) is 0 Å². The predicted molar refractivity (Wildman–Crippen MR) is 66.3 cm³/mol. The van der Waals surface area contributed by atoms with E-state index in [1.807, 2.05) is 4.90 Å². The average Bonchev–Trinajstić information content (AvgIpc) is 3.07. The SMILES string of the molecule is COC(=O)C1C(C(=O)N2CCNCC2)[C@@H]2CC[C@H]1O2. The molecule has 0 aromatic carbocycles. The number of carbonyl (C=O) groups is 2. The molecule has 3 saturated heterocycles. The second-order valence-electron chi connectivity index (χ2n) is 5.44. The molecule has 0 saturated carbocycles. The number of nitrogens with zero attached hydrogens (tertiary/aromatic N) is 1. The summed E-state index contributed by atoms with van der Waals surface area (Å²) in [6, 6.07) is 0. The molecule has 0 aromatic heterocycles. The summed E-state index contributed by atoms with van der Waals surface area (Å²) in [7, 11) is 1.38. The highest BCUT2D eigenvalue weighted by Gasteiger charge is 2.56. The van der Waals surface area contributed by atoms with E-state index in [1.165, 1.54) is 7.11 Å². The lowest BCUT2D eigenvalue weighted by molar-refractivity contribution is -0.153. The van der Waals surface area contributed by atoms with Gasteiger partial charge in [-0.2, -0.15) is 0 Å². The molecule has 6 heteroatoms. The van der Waals surface area contributed by atoms with Crippen molar-refractivity contribution in [3.05, 3.63) is 0 Å². The fourth-order valence-corrected chi connectivity index (χ4v) is 3.52. The van der Waals surface area contributed by atoms with Crippen LogP contribution in [-0.2, 0) is 19.1 Å². The number of ether oxygens (including phenoxy) is 2. The quantitative estimate of drug-likeness (QED) is 0.676. The molecule has 6 nitrogen and oxygen atoms in total. The summed E-state index contributed by atoms with van der Waals surface area (Å²) in [5, 5.41) is 3.22. The van der Waals surface area contributed by atoms with Crippen LogP contribution in [0, 0.1) is 11.8 Å². The third-order valence-corrected chi connectivity index (χ3v) is 4.46. The van der Waals surface area contributed by atoms with Crippen molar-refractivity contribution in [2.45, 2.75) is 25.0 Å². The number of nitrogens with one attached hydrogen (secondary N) is 1. The van der Waals surface area contributed by atoms with Gasteiger partial charge in [-0.1, -0.05) is 0 Å². The van der Waals surface area contributed by atoms with Crippen molar-refractivity contribution in [2.75, 3.05) is 33.3 Å². The summed E-state index contributed by atoms with van der Waals surface area (Å²) in [5.74, 6) is -1.000. The van der Waals surface area contributed by atoms with Gasteiger partial charge < -0.3 is 19.7 Å². The number of hydrogen-bond acceptors (Lipinski definition) is 5. The number of carbonyl (C=O) groups excluding carboxylic acids is 2. The fourth-order valence-electron chi connectivity index (χ4n) is 3.52. The molecule has 3 fully saturated rings. The van der Waals surface area contributed by atoms with E-state index >= 15 is 0 Å². The Bertz CT molecular complexity index is 381. The second kappa shape index (κ2) is 5.09. The van der Waals surface area contributed by atoms with Gasteiger partial charge in [-0.3, -0.25) is 9.59 Å². The number of rotatable bonds is 2. The topological polar surface area (TPSA) is 67.9 Å². The van der Waals surface area contributed by atoms with Gasteiger partial charge in [0, 0.05) is 26.2 Å². The highest BCUT2D eigenvalue weighted by molar-refractivity contribution is 5.87. The van der Waals surface area contributed by atoms with Gasteiger partial charge in [0.2, 0.25) is 5.91 Å². The number of hydrogen-bond donors (Lipinski definition) is 1. The minimum absolute atomic E-state index is 0.0594. The Hall–Kier alpha value is -1.14. The standard InChI is InChI=1S/C13H20N2O4/c1-18-13(17)11-9-3-2-8(19-9)10(11)12(16)15-6-4-14-5-7-15/h8-11,14H,2-7H2,1H3/t8-,9+,10?,11?/m0/s1. The minimum atomic E-state index is -0.411. The zero-order valence-electron chi connectivity index (χ0n) is 11.1. The Morgan fingerprint density at radius 2 is 1.79 bits per heavy atom. The maximum absolute atomic E-state index is 12.6. The zero-order chi connectivity index (χ0) is 13.4. The van der Waals surface area contributed by atoms with Gasteiger partial charge in [-0.25, -0.2) is 0 Å². The molecular formula is C13H20N2O4. The van der Waals surface area contributed by atoms with Crippen LogP contribution in [0.3, 0.4) is 0 Å². The van der Waals surface area contributed by atoms with Gasteiger partial charge >= 0.3 is 5.97 Å². The third kappa shape index (κ3) is 2.12. The molecule has 3 aliphatic rings. The second-order valence-corrected chi connectivity index (χ2v) is 5.44. The van der Waals surface area contributed by atoms with Crippen molar-refractivity contribution < 1.29 is 19.1 Å². The lowest BCUT2D eigenvalue weighted by atomic mass is 9.78. The van der Waals surface area contributed by atoms with Gasteiger partial charge in [0.25, 0.3) is 0 Å². The Labute approximate surface area is 112 Å². The summed E-state index contributed by atoms with van der Waals surface area (Å²) >= 11 is 0. The van der Waals surface area contributed by atoms with Gasteiger partial charge in [-0.15, -0.1) is 0 Å². The summed E-state index contributed by atoms with van der Waals surface area (Å²) < 4.78 is 10.6. The maximum atomic E-state index is 12.6. The molecule has 3 rings (SSSR count). The highest BCUT2D eigenvalue weighted by atomic mass is 16.5. The number of methoxy groups -OCH3 is 1. The molecule has 0 aliphatic carbocycles. The molecule has 4 atom stereocenters. The average molecular weight is 268 g/mol. The van der Waals surface area contributed by atoms with Crippen molar-refractivity contribution in [3.63, 3.8) is 0 Å². The lowest BCUT2D eigenvalue weighted by Crippen LogP contribution is -2.52. The van der Waals surface area contributed by atoms with Crippen LogP contribution in [0.25, 0.3) is 0 Å². The van der Waals surface area contributed by atoms with Crippen LogP contribution >= 0.6 is 0 Å². The maximum Gasteiger partial charge on any atom is 0.312 e. The van der Waals surface area contributed by atoms with Crippen LogP contribution in [0.4, 0.5) is 0 Å². The first-order valence-corrected chi connectivity index (χ1v) is 6.95. The molecule has 0 spiro atoms. The van der Waals surface area contributed by atoms with Crippen molar-refractivity contribution in [2.24, 2.45) is 11.8 Å². The van der Waals surface area contributed by atoms with Crippen LogP contribution in [0.15, 0.2) is 0 Å². The van der Waals surface area contributed by atoms with E-state index in [4.69, 9.17) is 9.47 Å². The van der Waals surface area contributed by atoms with E-state index < -0.39 is 5.92 Å². The first-order valence-electron chi connectivity index (χ1n) is 6.95. The molecule has 0 radical (unpaired) electrons. The van der Waals surface area contributed by atoms with Crippen LogP contribution in [0.5, 0.6) is 0 Å². The van der Waals surface area contributed by atoms with Crippen LogP contribution in [0.1, 0.15) is 12.8 Å². The number of esters is 1. The molecule has 2 bridgehead atoms. The van der Waals surface area contributed by atoms with Crippen molar-refractivity contribution in [1.82, 2.24) is 10.2 Å². The largest absolute Gasteiger partial charge is 0.469 e. The van der Waals surface area contributed by atoms with E-state index in [0.717, 1.165) is 25.9 Å². The van der Waals surface area contributed by atoms with Gasteiger partial charge in [0.05, 0.1) is 31.2 Å². The summed E-state index contributed by atoms with van der Waals surface area (Å²) in [6.45, 7) is 3.05. The van der Waals surface area contributed by atoms with E-state index in [-0.39, 0.29) is 30.0 Å². The fraction of sp³-hybridized carbons (Fsp3) is 0.846. The number of fused-ring (bicyclic) bond motifs is 2. The van der Waals surface area contributed by atoms with Crippen molar-refractivity contribution >= 4 is 11.9 Å². The Balaban J connectivity index is 1.77. The predicted octanol–water partition coefficient (Wildman–Crippen LogP) is -0.615. The van der Waals surface area contributed by atoms with Crippen LogP contribution < -0.4 is 5.32 Å². The van der Waals surface area contributed by atoms with Gasteiger partial charge in [0.1, 0.15) is 0 Å². The minimum Gasteiger partial charge on any atom is -0.469 e. The Morgan fingerprint density at radius 3 is 2.42 bits per heavy atom. The molecule has 1 N–H and O–H groups in total. The highest BCUT2D eigenvalue weighted by Crippen LogP contribution is 2.44. The molecule has 3 aliphatic heterocycles. The van der Waals surface area contributed by atoms with Gasteiger partial charge in [-0.05, 0) is 12.8 Å². The van der Waals surface area contributed by atoms with Gasteiger partial charge in [0.15, 0.2) is 0 Å².